The minimum absolute atomic E-state index is 0.0669. The summed E-state index contributed by atoms with van der Waals surface area (Å²) >= 11 is 0. The van der Waals surface area contributed by atoms with Crippen LogP contribution in [0.5, 0.6) is 0 Å². The van der Waals surface area contributed by atoms with E-state index in [2.05, 4.69) is 0 Å². The summed E-state index contributed by atoms with van der Waals surface area (Å²) in [4.78, 5) is 13.9. The van der Waals surface area contributed by atoms with E-state index in [9.17, 15) is 13.2 Å². The molecule has 0 aliphatic heterocycles. The Balaban J connectivity index is 3.15. The molecule has 0 saturated heterocycles. The third-order valence-corrected chi connectivity index (χ3v) is 4.79. The fourth-order valence-electron chi connectivity index (χ4n) is 1.49. The predicted molar refractivity (Wildman–Crippen MR) is 75.9 cm³/mol. The topological polar surface area (TPSA) is 54.5 Å². The van der Waals surface area contributed by atoms with Crippen LogP contribution in [-0.4, -0.2) is 31.8 Å². The Hall–Kier alpha value is -1.07. The first-order chi connectivity index (χ1) is 8.59. The molecular weight excluding hydrogens is 286 g/mol. The molecule has 0 fully saturated rings. The van der Waals surface area contributed by atoms with Crippen molar-refractivity contribution >= 4 is 25.6 Å². The molecule has 0 bridgehead atoms. The van der Waals surface area contributed by atoms with Gasteiger partial charge in [-0.1, -0.05) is 13.0 Å². The third-order valence-electron chi connectivity index (χ3n) is 3.44. The van der Waals surface area contributed by atoms with E-state index in [-0.39, 0.29) is 16.3 Å². The first kappa shape index (κ1) is 16.0. The van der Waals surface area contributed by atoms with Gasteiger partial charge in [-0.2, -0.15) is 0 Å². The van der Waals surface area contributed by atoms with Gasteiger partial charge < -0.3 is 4.90 Å². The van der Waals surface area contributed by atoms with Crippen LogP contribution in [0.4, 0.5) is 0 Å². The first-order valence-electron chi connectivity index (χ1n) is 5.92. The van der Waals surface area contributed by atoms with Gasteiger partial charge in [-0.3, -0.25) is 4.79 Å². The summed E-state index contributed by atoms with van der Waals surface area (Å²) in [6.45, 7) is 5.89. The van der Waals surface area contributed by atoms with Crippen LogP contribution in [0.25, 0.3) is 0 Å². The second-order valence-electron chi connectivity index (χ2n) is 5.00. The molecule has 1 aromatic carbocycles. The highest BCUT2D eigenvalue weighted by atomic mass is 35.7. The minimum atomic E-state index is -3.82. The molecular formula is C13H18ClNO3S. The van der Waals surface area contributed by atoms with E-state index in [1.54, 1.807) is 18.0 Å². The zero-order valence-corrected chi connectivity index (χ0v) is 13.0. The molecule has 0 unspecified atom stereocenters. The maximum absolute atomic E-state index is 12.3. The zero-order valence-electron chi connectivity index (χ0n) is 11.5. The van der Waals surface area contributed by atoms with Crippen molar-refractivity contribution in [3.8, 4) is 0 Å². The van der Waals surface area contributed by atoms with Crippen LogP contribution in [0, 0.1) is 0 Å². The first-order valence-corrected chi connectivity index (χ1v) is 8.23. The average Bonchev–Trinajstić information content (AvgIpc) is 2.36. The van der Waals surface area contributed by atoms with E-state index in [1.807, 2.05) is 20.8 Å². The lowest BCUT2D eigenvalue weighted by Crippen LogP contribution is -2.44. The molecule has 0 spiro atoms. The Bertz CT molecular complexity index is 581. The number of rotatable bonds is 4. The summed E-state index contributed by atoms with van der Waals surface area (Å²) in [5.41, 5.74) is 0.0122. The number of hydrogen-bond acceptors (Lipinski definition) is 3. The molecule has 1 amide bonds. The summed E-state index contributed by atoms with van der Waals surface area (Å²) in [7, 11) is 3.16. The average molecular weight is 304 g/mol. The molecule has 1 rings (SSSR count). The predicted octanol–water partition coefficient (Wildman–Crippen LogP) is 2.87. The Morgan fingerprint density at radius 1 is 1.37 bits per heavy atom. The smallest absolute Gasteiger partial charge is 0.261 e. The lowest BCUT2D eigenvalue weighted by atomic mass is 9.99. The highest BCUT2D eigenvalue weighted by Crippen LogP contribution is 2.21. The van der Waals surface area contributed by atoms with Crippen molar-refractivity contribution in [3.05, 3.63) is 29.8 Å². The molecule has 0 radical (unpaired) electrons. The highest BCUT2D eigenvalue weighted by Gasteiger charge is 2.27. The van der Waals surface area contributed by atoms with Crippen molar-refractivity contribution in [2.45, 2.75) is 37.6 Å². The SMILES string of the molecule is CCC(C)(C)N(C)C(=O)c1cccc(S(=O)(=O)Cl)c1. The normalized spacial score (nSPS) is 12.3. The summed E-state index contributed by atoms with van der Waals surface area (Å²) in [6.07, 6.45) is 0.794. The van der Waals surface area contributed by atoms with E-state index in [4.69, 9.17) is 10.7 Å². The number of benzene rings is 1. The van der Waals surface area contributed by atoms with Crippen molar-refractivity contribution in [2.75, 3.05) is 7.05 Å². The Kier molecular flexibility index (Phi) is 4.63. The number of amides is 1. The van der Waals surface area contributed by atoms with Gasteiger partial charge in [0.1, 0.15) is 0 Å². The summed E-state index contributed by atoms with van der Waals surface area (Å²) in [5.74, 6) is -0.228. The molecule has 106 valence electrons. The lowest BCUT2D eigenvalue weighted by molar-refractivity contribution is 0.0620. The molecule has 4 nitrogen and oxygen atoms in total. The summed E-state index contributed by atoms with van der Waals surface area (Å²) in [6, 6.07) is 5.75. The van der Waals surface area contributed by atoms with Crippen molar-refractivity contribution in [1.82, 2.24) is 4.90 Å². The van der Waals surface area contributed by atoms with Gasteiger partial charge in [0.25, 0.3) is 15.0 Å². The van der Waals surface area contributed by atoms with Crippen molar-refractivity contribution in [1.29, 1.82) is 0 Å². The van der Waals surface area contributed by atoms with E-state index in [1.165, 1.54) is 18.2 Å². The largest absolute Gasteiger partial charge is 0.337 e. The Morgan fingerprint density at radius 3 is 2.42 bits per heavy atom. The van der Waals surface area contributed by atoms with Crippen LogP contribution < -0.4 is 0 Å². The summed E-state index contributed by atoms with van der Waals surface area (Å²) < 4.78 is 22.5. The fourth-order valence-corrected chi connectivity index (χ4v) is 2.28. The van der Waals surface area contributed by atoms with Gasteiger partial charge in [0.2, 0.25) is 0 Å². The lowest BCUT2D eigenvalue weighted by Gasteiger charge is -2.35. The van der Waals surface area contributed by atoms with Crippen LogP contribution in [0.2, 0.25) is 0 Å². The van der Waals surface area contributed by atoms with E-state index >= 15 is 0 Å². The van der Waals surface area contributed by atoms with Crippen LogP contribution in [0.15, 0.2) is 29.2 Å². The zero-order chi connectivity index (χ0) is 14.8. The Morgan fingerprint density at radius 2 is 1.95 bits per heavy atom. The van der Waals surface area contributed by atoms with Gasteiger partial charge in [-0.05, 0) is 38.5 Å². The Labute approximate surface area is 118 Å². The molecule has 0 aliphatic rings. The van der Waals surface area contributed by atoms with Crippen molar-refractivity contribution in [3.63, 3.8) is 0 Å². The third kappa shape index (κ3) is 3.70. The molecule has 1 aromatic rings. The molecule has 0 heterocycles. The molecule has 19 heavy (non-hydrogen) atoms. The number of hydrogen-bond donors (Lipinski definition) is 0. The van der Waals surface area contributed by atoms with E-state index in [0.717, 1.165) is 6.42 Å². The number of halogens is 1. The summed E-state index contributed by atoms with van der Waals surface area (Å²) in [5, 5.41) is 0. The fraction of sp³-hybridized carbons (Fsp3) is 0.462. The van der Waals surface area contributed by atoms with E-state index < -0.39 is 9.05 Å². The molecule has 0 aliphatic carbocycles. The highest BCUT2D eigenvalue weighted by molar-refractivity contribution is 8.13. The van der Waals surface area contributed by atoms with Crippen molar-refractivity contribution in [2.24, 2.45) is 0 Å². The molecule has 0 aromatic heterocycles. The van der Waals surface area contributed by atoms with Crippen LogP contribution >= 0.6 is 10.7 Å². The van der Waals surface area contributed by atoms with Crippen LogP contribution in [-0.2, 0) is 9.05 Å². The molecule has 0 N–H and O–H groups in total. The van der Waals surface area contributed by atoms with Gasteiger partial charge in [0, 0.05) is 28.8 Å². The number of carbonyl (C=O) groups is 1. The van der Waals surface area contributed by atoms with Gasteiger partial charge in [-0.15, -0.1) is 0 Å². The number of carbonyl (C=O) groups excluding carboxylic acids is 1. The molecule has 0 atom stereocenters. The maximum atomic E-state index is 12.3. The molecule has 6 heteroatoms. The van der Waals surface area contributed by atoms with Gasteiger partial charge in [0.05, 0.1) is 4.90 Å². The second kappa shape index (κ2) is 5.51. The maximum Gasteiger partial charge on any atom is 0.261 e. The van der Waals surface area contributed by atoms with Crippen molar-refractivity contribution < 1.29 is 13.2 Å². The standard InChI is InChI=1S/C13H18ClNO3S/c1-5-13(2,3)15(4)12(16)10-7-6-8-11(9-10)19(14,17)18/h6-9H,5H2,1-4H3. The number of nitrogens with zero attached hydrogens (tertiary/aromatic N) is 1. The minimum Gasteiger partial charge on any atom is -0.337 e. The monoisotopic (exact) mass is 303 g/mol. The van der Waals surface area contributed by atoms with Gasteiger partial charge in [-0.25, -0.2) is 8.42 Å². The second-order valence-corrected chi connectivity index (χ2v) is 7.56. The van der Waals surface area contributed by atoms with E-state index in [0.29, 0.717) is 5.56 Å². The van der Waals surface area contributed by atoms with Gasteiger partial charge >= 0.3 is 0 Å². The van der Waals surface area contributed by atoms with Crippen LogP contribution in [0.3, 0.4) is 0 Å². The quantitative estimate of drug-likeness (QED) is 0.804. The molecule has 0 saturated carbocycles. The van der Waals surface area contributed by atoms with Gasteiger partial charge in [0.15, 0.2) is 0 Å². The van der Waals surface area contributed by atoms with Crippen LogP contribution in [0.1, 0.15) is 37.6 Å².